The molecule has 0 bridgehead atoms. The molecule has 8 heteroatoms. The molecule has 0 atom stereocenters. The number of nitrogens with one attached hydrogen (secondary N) is 1. The molecule has 0 unspecified atom stereocenters. The predicted molar refractivity (Wildman–Crippen MR) is 102 cm³/mol. The summed E-state index contributed by atoms with van der Waals surface area (Å²) in [5.74, 6) is 2.64. The molecule has 0 saturated heterocycles. The van der Waals surface area contributed by atoms with Crippen molar-refractivity contribution in [1.29, 1.82) is 0 Å². The van der Waals surface area contributed by atoms with E-state index >= 15 is 0 Å². The van der Waals surface area contributed by atoms with E-state index in [2.05, 4.69) is 5.32 Å². The highest BCUT2D eigenvalue weighted by Crippen LogP contribution is 2.27. The van der Waals surface area contributed by atoms with Crippen molar-refractivity contribution in [3.63, 3.8) is 0 Å². The van der Waals surface area contributed by atoms with E-state index in [9.17, 15) is 9.59 Å². The zero-order valence-electron chi connectivity index (χ0n) is 15.8. The minimum Gasteiger partial charge on any atom is -0.493 e. The maximum Gasteiger partial charge on any atom is 0.341 e. The van der Waals surface area contributed by atoms with E-state index in [1.807, 2.05) is 12.1 Å². The first-order chi connectivity index (χ1) is 13.0. The molecule has 0 spiro atoms. The molecule has 146 valence electrons. The predicted octanol–water partition coefficient (Wildman–Crippen LogP) is 2.94. The van der Waals surface area contributed by atoms with Crippen molar-refractivity contribution < 1.29 is 28.2 Å². The van der Waals surface area contributed by atoms with Crippen LogP contribution in [0.25, 0.3) is 0 Å². The van der Waals surface area contributed by atoms with Crippen LogP contribution >= 0.6 is 11.8 Å². The Morgan fingerprint density at radius 1 is 1.11 bits per heavy atom. The topological polar surface area (TPSA) is 87.0 Å². The summed E-state index contributed by atoms with van der Waals surface area (Å²) in [5.41, 5.74) is 1.32. The van der Waals surface area contributed by atoms with Gasteiger partial charge < -0.3 is 23.9 Å². The quantitative estimate of drug-likeness (QED) is 0.656. The van der Waals surface area contributed by atoms with Crippen molar-refractivity contribution in [2.24, 2.45) is 0 Å². The lowest BCUT2D eigenvalue weighted by atomic mass is 10.2. The largest absolute Gasteiger partial charge is 0.493 e. The average Bonchev–Trinajstić information content (AvgIpc) is 3.05. The molecule has 1 aromatic carbocycles. The fourth-order valence-electron chi connectivity index (χ4n) is 2.41. The van der Waals surface area contributed by atoms with Gasteiger partial charge in [0, 0.05) is 6.54 Å². The number of benzene rings is 1. The van der Waals surface area contributed by atoms with E-state index in [4.69, 9.17) is 18.6 Å². The molecular formula is C19H23NO6S. The molecule has 0 aliphatic heterocycles. The lowest BCUT2D eigenvalue weighted by molar-refractivity contribution is -0.118. The molecule has 2 aromatic rings. The van der Waals surface area contributed by atoms with Crippen LogP contribution < -0.4 is 14.8 Å². The maximum atomic E-state index is 12.0. The summed E-state index contributed by atoms with van der Waals surface area (Å²) in [5, 5.41) is 2.86. The summed E-state index contributed by atoms with van der Waals surface area (Å²) < 4.78 is 20.6. The second-order valence-electron chi connectivity index (χ2n) is 5.63. The number of aryl methyl sites for hydroxylation is 1. The van der Waals surface area contributed by atoms with E-state index in [1.165, 1.54) is 18.9 Å². The van der Waals surface area contributed by atoms with Crippen molar-refractivity contribution in [2.75, 3.05) is 27.1 Å². The van der Waals surface area contributed by atoms with Crippen LogP contribution in [0.3, 0.4) is 0 Å². The first-order valence-electron chi connectivity index (χ1n) is 8.21. The van der Waals surface area contributed by atoms with Gasteiger partial charge in [0.2, 0.25) is 5.91 Å². The molecule has 0 radical (unpaired) electrons. The van der Waals surface area contributed by atoms with Crippen LogP contribution in [0.2, 0.25) is 0 Å². The highest BCUT2D eigenvalue weighted by atomic mass is 32.2. The van der Waals surface area contributed by atoms with Gasteiger partial charge in [0.05, 0.1) is 32.8 Å². The molecule has 1 aromatic heterocycles. The molecule has 1 heterocycles. The van der Waals surface area contributed by atoms with Gasteiger partial charge in [-0.25, -0.2) is 4.79 Å². The smallest absolute Gasteiger partial charge is 0.341 e. The Kier molecular flexibility index (Phi) is 7.60. The van der Waals surface area contributed by atoms with Gasteiger partial charge in [0.15, 0.2) is 11.5 Å². The Bertz CT molecular complexity index is 801. The number of hydrogen-bond acceptors (Lipinski definition) is 7. The highest BCUT2D eigenvalue weighted by molar-refractivity contribution is 7.99. The monoisotopic (exact) mass is 393 g/mol. The van der Waals surface area contributed by atoms with Crippen molar-refractivity contribution in [1.82, 2.24) is 5.32 Å². The van der Waals surface area contributed by atoms with Crippen LogP contribution in [0, 0.1) is 6.92 Å². The lowest BCUT2D eigenvalue weighted by Crippen LogP contribution is -2.24. The number of hydrogen-bond donors (Lipinski definition) is 1. The zero-order valence-corrected chi connectivity index (χ0v) is 16.6. The normalized spacial score (nSPS) is 10.4. The van der Waals surface area contributed by atoms with E-state index < -0.39 is 5.97 Å². The van der Waals surface area contributed by atoms with Crippen molar-refractivity contribution >= 4 is 23.6 Å². The number of thioether (sulfide) groups is 1. The van der Waals surface area contributed by atoms with Gasteiger partial charge in [0.25, 0.3) is 0 Å². The third-order valence-electron chi connectivity index (χ3n) is 3.79. The van der Waals surface area contributed by atoms with Crippen molar-refractivity contribution in [2.45, 2.75) is 19.2 Å². The van der Waals surface area contributed by atoms with E-state index in [0.29, 0.717) is 40.9 Å². The molecule has 7 nitrogen and oxygen atoms in total. The third-order valence-corrected chi connectivity index (χ3v) is 4.74. The molecule has 0 saturated carbocycles. The van der Waals surface area contributed by atoms with Gasteiger partial charge in [-0.15, -0.1) is 11.8 Å². The molecule has 0 aliphatic rings. The molecule has 0 fully saturated rings. The molecule has 1 amide bonds. The molecular weight excluding hydrogens is 370 g/mol. The van der Waals surface area contributed by atoms with E-state index in [-0.39, 0.29) is 11.7 Å². The summed E-state index contributed by atoms with van der Waals surface area (Å²) in [6.45, 7) is 2.10. The van der Waals surface area contributed by atoms with Gasteiger partial charge in [0.1, 0.15) is 17.1 Å². The number of rotatable bonds is 9. The average molecular weight is 393 g/mol. The summed E-state index contributed by atoms with van der Waals surface area (Å²) in [7, 11) is 4.47. The lowest BCUT2D eigenvalue weighted by Gasteiger charge is -2.10. The van der Waals surface area contributed by atoms with Gasteiger partial charge in [-0.1, -0.05) is 6.07 Å². The van der Waals surface area contributed by atoms with E-state index in [0.717, 1.165) is 5.56 Å². The van der Waals surface area contributed by atoms with Crippen LogP contribution in [0.5, 0.6) is 11.5 Å². The Morgan fingerprint density at radius 3 is 2.52 bits per heavy atom. The van der Waals surface area contributed by atoms with Gasteiger partial charge in [-0.2, -0.15) is 0 Å². The van der Waals surface area contributed by atoms with Crippen LogP contribution in [0.1, 0.15) is 27.4 Å². The molecule has 27 heavy (non-hydrogen) atoms. The van der Waals surface area contributed by atoms with E-state index in [1.54, 1.807) is 33.3 Å². The number of ether oxygens (including phenoxy) is 3. The number of esters is 1. The molecule has 2 rings (SSSR count). The Balaban J connectivity index is 1.79. The maximum absolute atomic E-state index is 12.0. The highest BCUT2D eigenvalue weighted by Gasteiger charge is 2.15. The van der Waals surface area contributed by atoms with Gasteiger partial charge in [-0.05, 0) is 30.7 Å². The summed E-state index contributed by atoms with van der Waals surface area (Å²) in [6.07, 6.45) is 0. The van der Waals surface area contributed by atoms with Gasteiger partial charge in [-0.3, -0.25) is 4.79 Å². The fourth-order valence-corrected chi connectivity index (χ4v) is 3.15. The first kappa shape index (κ1) is 20.7. The Labute approximate surface area is 162 Å². The van der Waals surface area contributed by atoms with Crippen LogP contribution in [-0.4, -0.2) is 39.0 Å². The fraction of sp³-hybridized carbons (Fsp3) is 0.368. The molecule has 1 N–H and O–H groups in total. The number of amides is 1. The standard InChI is InChI=1S/C19H23NO6S/c1-12-15(19(22)25-4)8-14(26-12)10-27-11-18(21)20-9-13-5-6-16(23-2)17(7-13)24-3/h5-8H,9-11H2,1-4H3,(H,20,21). The first-order valence-corrected chi connectivity index (χ1v) is 9.37. The van der Waals surface area contributed by atoms with Crippen LogP contribution in [0.15, 0.2) is 28.7 Å². The second-order valence-corrected chi connectivity index (χ2v) is 6.62. The van der Waals surface area contributed by atoms with Crippen molar-refractivity contribution in [3.8, 4) is 11.5 Å². The van der Waals surface area contributed by atoms with Crippen LogP contribution in [0.4, 0.5) is 0 Å². The number of carbonyl (C=O) groups excluding carboxylic acids is 2. The summed E-state index contributed by atoms with van der Waals surface area (Å²) >= 11 is 1.40. The SMILES string of the molecule is COC(=O)c1cc(CSCC(=O)NCc2ccc(OC)c(OC)c2)oc1C. The number of carbonyl (C=O) groups is 2. The van der Waals surface area contributed by atoms with Crippen molar-refractivity contribution in [3.05, 3.63) is 46.9 Å². The second kappa shape index (κ2) is 9.91. The minimum absolute atomic E-state index is 0.0914. The summed E-state index contributed by atoms with van der Waals surface area (Å²) in [6, 6.07) is 7.14. The number of methoxy groups -OCH3 is 3. The third kappa shape index (κ3) is 5.68. The van der Waals surface area contributed by atoms with Gasteiger partial charge >= 0.3 is 5.97 Å². The molecule has 0 aliphatic carbocycles. The Morgan fingerprint density at radius 2 is 1.85 bits per heavy atom. The Hall–Kier alpha value is -2.61. The summed E-state index contributed by atoms with van der Waals surface area (Å²) in [4.78, 5) is 23.6. The van der Waals surface area contributed by atoms with Crippen LogP contribution in [-0.2, 0) is 21.8 Å². The number of furan rings is 1. The minimum atomic E-state index is -0.430. The zero-order chi connectivity index (χ0) is 19.8.